The van der Waals surface area contributed by atoms with E-state index in [0.717, 1.165) is 10.9 Å². The topological polar surface area (TPSA) is 28.7 Å². The summed E-state index contributed by atoms with van der Waals surface area (Å²) in [5, 5.41) is 2.34. The van der Waals surface area contributed by atoms with Crippen LogP contribution < -0.4 is 0 Å². The summed E-state index contributed by atoms with van der Waals surface area (Å²) in [5.41, 5.74) is 1.98. The molecule has 0 aromatic carbocycles. The number of fused-ring (bicyclic) bond motifs is 1. The summed E-state index contributed by atoms with van der Waals surface area (Å²) >= 11 is 0.704. The number of hydrogen-bond donors (Lipinski definition) is 1. The van der Waals surface area contributed by atoms with E-state index in [1.165, 1.54) is 11.4 Å². The highest BCUT2D eigenvalue weighted by molar-refractivity contribution is 7.10. The molecule has 0 unspecified atom stereocenters. The van der Waals surface area contributed by atoms with Crippen molar-refractivity contribution < 1.29 is 13.2 Å². The highest BCUT2D eigenvalue weighted by Gasteiger charge is 2.32. The molecule has 2 nitrogen and oxygen atoms in total. The van der Waals surface area contributed by atoms with Crippen LogP contribution in [-0.2, 0) is 6.18 Å². The monoisotopic (exact) mass is 268 g/mol. The minimum Gasteiger partial charge on any atom is -0.346 e. The third kappa shape index (κ3) is 1.78. The first-order chi connectivity index (χ1) is 8.55. The van der Waals surface area contributed by atoms with Crippen molar-refractivity contribution >= 4 is 22.4 Å². The van der Waals surface area contributed by atoms with Crippen molar-refractivity contribution in [2.75, 3.05) is 0 Å². The zero-order valence-corrected chi connectivity index (χ0v) is 9.77. The molecule has 3 heterocycles. The Morgan fingerprint density at radius 1 is 1.28 bits per heavy atom. The maximum atomic E-state index is 12.5. The smallest absolute Gasteiger partial charge is 0.346 e. The number of nitrogens with one attached hydrogen (secondary N) is 1. The van der Waals surface area contributed by atoms with E-state index in [0.29, 0.717) is 22.5 Å². The molecule has 6 heteroatoms. The van der Waals surface area contributed by atoms with Gasteiger partial charge in [0.15, 0.2) is 0 Å². The fourth-order valence-electron chi connectivity index (χ4n) is 1.82. The SMILES string of the molecule is FC(F)(F)c1cc(-c2c[nH]c3ncccc23)cs1. The van der Waals surface area contributed by atoms with Crippen LogP contribution in [0.2, 0.25) is 0 Å². The second kappa shape index (κ2) is 3.84. The van der Waals surface area contributed by atoms with Gasteiger partial charge in [-0.15, -0.1) is 11.3 Å². The molecule has 0 saturated carbocycles. The van der Waals surface area contributed by atoms with E-state index in [-0.39, 0.29) is 0 Å². The lowest BCUT2D eigenvalue weighted by Gasteiger charge is -2.00. The Morgan fingerprint density at radius 2 is 2.11 bits per heavy atom. The van der Waals surface area contributed by atoms with E-state index in [1.54, 1.807) is 18.5 Å². The highest BCUT2D eigenvalue weighted by Crippen LogP contribution is 2.38. The maximum Gasteiger partial charge on any atom is 0.425 e. The molecule has 0 fully saturated rings. The van der Waals surface area contributed by atoms with Crippen molar-refractivity contribution in [1.29, 1.82) is 0 Å². The van der Waals surface area contributed by atoms with Crippen LogP contribution in [0.1, 0.15) is 4.88 Å². The zero-order chi connectivity index (χ0) is 12.8. The van der Waals surface area contributed by atoms with Gasteiger partial charge in [0.25, 0.3) is 0 Å². The quantitative estimate of drug-likeness (QED) is 0.700. The van der Waals surface area contributed by atoms with E-state index >= 15 is 0 Å². The van der Waals surface area contributed by atoms with Crippen molar-refractivity contribution in [2.45, 2.75) is 6.18 Å². The zero-order valence-electron chi connectivity index (χ0n) is 8.95. The van der Waals surface area contributed by atoms with Crippen LogP contribution in [0.5, 0.6) is 0 Å². The normalized spacial score (nSPS) is 12.2. The van der Waals surface area contributed by atoms with Crippen LogP contribution in [-0.4, -0.2) is 9.97 Å². The Balaban J connectivity index is 2.13. The Morgan fingerprint density at radius 3 is 2.83 bits per heavy atom. The van der Waals surface area contributed by atoms with Crippen molar-refractivity contribution in [3.8, 4) is 11.1 Å². The van der Waals surface area contributed by atoms with Gasteiger partial charge >= 0.3 is 6.18 Å². The van der Waals surface area contributed by atoms with Gasteiger partial charge in [0, 0.05) is 23.3 Å². The minimum atomic E-state index is -4.28. The van der Waals surface area contributed by atoms with Crippen LogP contribution in [0.3, 0.4) is 0 Å². The summed E-state index contributed by atoms with van der Waals surface area (Å²) in [5.74, 6) is 0. The van der Waals surface area contributed by atoms with Crippen LogP contribution in [0.4, 0.5) is 13.2 Å². The second-order valence-electron chi connectivity index (χ2n) is 3.80. The predicted octanol–water partition coefficient (Wildman–Crippen LogP) is 4.31. The van der Waals surface area contributed by atoms with E-state index in [2.05, 4.69) is 9.97 Å². The molecule has 0 aliphatic carbocycles. The number of aromatic nitrogens is 2. The molecule has 1 N–H and O–H groups in total. The average Bonchev–Trinajstić information content (AvgIpc) is 2.94. The Bertz CT molecular complexity index is 696. The number of pyridine rings is 1. The summed E-state index contributed by atoms with van der Waals surface area (Å²) in [4.78, 5) is 6.47. The van der Waals surface area contributed by atoms with Gasteiger partial charge in [0.05, 0.1) is 0 Å². The standard InChI is InChI=1S/C12H7F3N2S/c13-12(14,15)10-4-7(6-18-10)9-5-17-11-8(9)2-1-3-16-11/h1-6H,(H,16,17). The second-order valence-corrected chi connectivity index (χ2v) is 4.71. The van der Waals surface area contributed by atoms with Crippen molar-refractivity contribution in [1.82, 2.24) is 9.97 Å². The lowest BCUT2D eigenvalue weighted by Crippen LogP contribution is -2.00. The van der Waals surface area contributed by atoms with Gasteiger partial charge in [0.1, 0.15) is 10.5 Å². The molecule has 0 radical (unpaired) electrons. The molecule has 0 atom stereocenters. The Kier molecular flexibility index (Phi) is 2.41. The number of H-pyrrole nitrogens is 1. The van der Waals surface area contributed by atoms with Gasteiger partial charge in [0.2, 0.25) is 0 Å². The summed E-state index contributed by atoms with van der Waals surface area (Å²) in [6.45, 7) is 0. The fraction of sp³-hybridized carbons (Fsp3) is 0.0833. The highest BCUT2D eigenvalue weighted by atomic mass is 32.1. The number of aromatic amines is 1. The van der Waals surface area contributed by atoms with Gasteiger partial charge in [-0.25, -0.2) is 4.98 Å². The molecule has 92 valence electrons. The molecule has 3 aromatic heterocycles. The van der Waals surface area contributed by atoms with E-state index < -0.39 is 11.1 Å². The summed E-state index contributed by atoms with van der Waals surface area (Å²) in [6, 6.07) is 4.76. The molecular weight excluding hydrogens is 261 g/mol. The third-order valence-electron chi connectivity index (χ3n) is 2.64. The molecule has 0 aliphatic rings. The van der Waals surface area contributed by atoms with Crippen molar-refractivity contribution in [3.63, 3.8) is 0 Å². The van der Waals surface area contributed by atoms with Crippen LogP contribution in [0.25, 0.3) is 22.2 Å². The molecular formula is C12H7F3N2S. The number of alkyl halides is 3. The molecule has 18 heavy (non-hydrogen) atoms. The summed E-state index contributed by atoms with van der Waals surface area (Å²) in [7, 11) is 0. The van der Waals surface area contributed by atoms with E-state index in [1.807, 2.05) is 6.07 Å². The molecule has 0 spiro atoms. The first-order valence-electron chi connectivity index (χ1n) is 5.14. The molecule has 0 amide bonds. The predicted molar refractivity (Wildman–Crippen MR) is 64.4 cm³/mol. The van der Waals surface area contributed by atoms with Crippen LogP contribution in [0, 0.1) is 0 Å². The summed E-state index contributed by atoms with van der Waals surface area (Å²) in [6.07, 6.45) is -0.968. The van der Waals surface area contributed by atoms with Gasteiger partial charge in [-0.1, -0.05) is 0 Å². The molecule has 3 rings (SSSR count). The van der Waals surface area contributed by atoms with Gasteiger partial charge in [-0.05, 0) is 29.1 Å². The number of rotatable bonds is 1. The van der Waals surface area contributed by atoms with Crippen LogP contribution in [0.15, 0.2) is 36.0 Å². The Labute approximate surface area is 104 Å². The first kappa shape index (κ1) is 11.3. The lowest BCUT2D eigenvalue weighted by atomic mass is 10.1. The number of nitrogens with zero attached hydrogens (tertiary/aromatic N) is 1. The maximum absolute atomic E-state index is 12.5. The van der Waals surface area contributed by atoms with Crippen molar-refractivity contribution in [2.24, 2.45) is 0 Å². The minimum absolute atomic E-state index is 0.562. The number of thiophene rings is 1. The van der Waals surface area contributed by atoms with Gasteiger partial charge in [-0.2, -0.15) is 13.2 Å². The molecule has 3 aromatic rings. The average molecular weight is 268 g/mol. The third-order valence-corrected chi connectivity index (χ3v) is 3.62. The lowest BCUT2D eigenvalue weighted by molar-refractivity contribution is -0.134. The van der Waals surface area contributed by atoms with E-state index in [9.17, 15) is 13.2 Å². The Hall–Kier alpha value is -1.82. The number of hydrogen-bond acceptors (Lipinski definition) is 2. The number of halogens is 3. The van der Waals surface area contributed by atoms with Gasteiger partial charge in [-0.3, -0.25) is 0 Å². The van der Waals surface area contributed by atoms with Crippen molar-refractivity contribution in [3.05, 3.63) is 40.8 Å². The van der Waals surface area contributed by atoms with E-state index in [4.69, 9.17) is 0 Å². The van der Waals surface area contributed by atoms with Gasteiger partial charge < -0.3 is 4.98 Å². The van der Waals surface area contributed by atoms with Crippen LogP contribution >= 0.6 is 11.3 Å². The molecule has 0 bridgehead atoms. The fourth-order valence-corrected chi connectivity index (χ4v) is 2.60. The summed E-state index contributed by atoms with van der Waals surface area (Å²) < 4.78 is 37.6. The largest absolute Gasteiger partial charge is 0.425 e. The molecule has 0 saturated heterocycles. The first-order valence-corrected chi connectivity index (χ1v) is 6.02. The molecule has 0 aliphatic heterocycles.